The molecule has 0 saturated carbocycles. The van der Waals surface area contributed by atoms with E-state index in [4.69, 9.17) is 9.47 Å². The molecule has 0 aliphatic carbocycles. The van der Waals surface area contributed by atoms with E-state index in [0.717, 1.165) is 50.4 Å². The Kier molecular flexibility index (Phi) is 4.47. The predicted octanol–water partition coefficient (Wildman–Crippen LogP) is 0.422. The minimum absolute atomic E-state index is 0.0469. The van der Waals surface area contributed by atoms with Crippen molar-refractivity contribution >= 4 is 5.91 Å². The van der Waals surface area contributed by atoms with Gasteiger partial charge in [-0.25, -0.2) is 0 Å². The van der Waals surface area contributed by atoms with Gasteiger partial charge in [0.05, 0.1) is 36.8 Å². The van der Waals surface area contributed by atoms with Gasteiger partial charge in [0.25, 0.3) is 0 Å². The Hall–Kier alpha value is -1.57. The molecule has 130 valence electrons. The molecule has 4 heterocycles. The molecule has 0 aromatic carbocycles. The van der Waals surface area contributed by atoms with Crippen LogP contribution >= 0.6 is 0 Å². The second-order valence-corrected chi connectivity index (χ2v) is 6.88. The summed E-state index contributed by atoms with van der Waals surface area (Å²) in [5, 5.41) is 2.92. The first-order chi connectivity index (χ1) is 11.7. The Morgan fingerprint density at radius 3 is 3.04 bits per heavy atom. The Morgan fingerprint density at radius 2 is 2.29 bits per heavy atom. The van der Waals surface area contributed by atoms with Crippen LogP contribution in [0.2, 0.25) is 0 Å². The van der Waals surface area contributed by atoms with Crippen molar-refractivity contribution in [2.24, 2.45) is 0 Å². The van der Waals surface area contributed by atoms with Crippen molar-refractivity contribution in [2.45, 2.75) is 57.0 Å². The molecule has 1 aromatic rings. The number of nitrogens with one attached hydrogen (secondary N) is 1. The van der Waals surface area contributed by atoms with E-state index in [1.54, 1.807) is 12.4 Å². The molecule has 0 spiro atoms. The molecule has 1 N–H and O–H groups in total. The molecule has 0 radical (unpaired) electrons. The Labute approximate surface area is 141 Å². The van der Waals surface area contributed by atoms with Crippen LogP contribution in [-0.4, -0.2) is 64.8 Å². The number of rotatable bonds is 4. The first kappa shape index (κ1) is 15.9. The van der Waals surface area contributed by atoms with Gasteiger partial charge < -0.3 is 14.8 Å². The van der Waals surface area contributed by atoms with Crippen molar-refractivity contribution < 1.29 is 14.3 Å². The summed E-state index contributed by atoms with van der Waals surface area (Å²) in [6.07, 6.45) is 6.10. The lowest BCUT2D eigenvalue weighted by molar-refractivity contribution is -0.132. The van der Waals surface area contributed by atoms with E-state index in [-0.39, 0.29) is 18.1 Å². The van der Waals surface area contributed by atoms with Crippen molar-refractivity contribution in [3.63, 3.8) is 0 Å². The highest BCUT2D eigenvalue weighted by Gasteiger charge is 2.47. The number of likely N-dealkylation sites (tertiary alicyclic amines) is 1. The standard InChI is InChI=1S/C17H24N4O3/c1-11-7-19-12(8-18-11)9-20-17(22)16-6-14-15(24-16)2-4-21(14)13-3-5-23-10-13/h7-8,13-16H,2-6,9-10H2,1H3,(H,20,22)/t13?,14-,15-,16-/m0/s1. The van der Waals surface area contributed by atoms with Gasteiger partial charge in [-0.3, -0.25) is 19.7 Å². The Balaban J connectivity index is 1.31. The fourth-order valence-electron chi connectivity index (χ4n) is 3.99. The zero-order valence-electron chi connectivity index (χ0n) is 14.0. The maximum Gasteiger partial charge on any atom is 0.249 e. The molecule has 7 heteroatoms. The van der Waals surface area contributed by atoms with Crippen LogP contribution in [0.25, 0.3) is 0 Å². The average molecular weight is 332 g/mol. The molecule has 4 atom stereocenters. The largest absolute Gasteiger partial charge is 0.380 e. The molecule has 0 bridgehead atoms. The van der Waals surface area contributed by atoms with E-state index in [0.29, 0.717) is 18.6 Å². The third kappa shape index (κ3) is 3.16. The van der Waals surface area contributed by atoms with Crippen molar-refractivity contribution in [1.82, 2.24) is 20.2 Å². The number of nitrogens with zero attached hydrogens (tertiary/aromatic N) is 3. The monoisotopic (exact) mass is 332 g/mol. The van der Waals surface area contributed by atoms with E-state index in [2.05, 4.69) is 20.2 Å². The van der Waals surface area contributed by atoms with Gasteiger partial charge in [0.1, 0.15) is 6.10 Å². The lowest BCUT2D eigenvalue weighted by atomic mass is 10.1. The number of ether oxygens (including phenoxy) is 2. The summed E-state index contributed by atoms with van der Waals surface area (Å²) < 4.78 is 11.5. The first-order valence-corrected chi connectivity index (χ1v) is 8.75. The molecule has 24 heavy (non-hydrogen) atoms. The highest BCUT2D eigenvalue weighted by Crippen LogP contribution is 2.35. The lowest BCUT2D eigenvalue weighted by Gasteiger charge is -2.28. The van der Waals surface area contributed by atoms with E-state index in [1.807, 2.05) is 6.92 Å². The Morgan fingerprint density at radius 1 is 1.38 bits per heavy atom. The van der Waals surface area contributed by atoms with Crippen molar-refractivity contribution in [1.29, 1.82) is 0 Å². The van der Waals surface area contributed by atoms with Gasteiger partial charge in [-0.2, -0.15) is 0 Å². The van der Waals surface area contributed by atoms with Gasteiger partial charge in [-0.05, 0) is 19.8 Å². The van der Waals surface area contributed by atoms with E-state index >= 15 is 0 Å². The average Bonchev–Trinajstić information content (AvgIpc) is 3.30. The van der Waals surface area contributed by atoms with Gasteiger partial charge in [-0.1, -0.05) is 0 Å². The summed E-state index contributed by atoms with van der Waals surface area (Å²) in [5.74, 6) is -0.0469. The van der Waals surface area contributed by atoms with E-state index < -0.39 is 0 Å². The fraction of sp³-hybridized carbons (Fsp3) is 0.706. The molecule has 1 aromatic heterocycles. The van der Waals surface area contributed by atoms with Crippen molar-refractivity contribution in [2.75, 3.05) is 19.8 Å². The number of carbonyl (C=O) groups excluding carboxylic acids is 1. The lowest BCUT2D eigenvalue weighted by Crippen LogP contribution is -2.42. The third-order valence-electron chi connectivity index (χ3n) is 5.27. The fourth-order valence-corrected chi connectivity index (χ4v) is 3.99. The SMILES string of the molecule is Cc1cnc(CNC(=O)[C@@H]2C[C@H]3[C@H](CCN3C3CCOC3)O2)cn1. The van der Waals surface area contributed by atoms with Crippen molar-refractivity contribution in [3.8, 4) is 0 Å². The summed E-state index contributed by atoms with van der Waals surface area (Å²) in [6.45, 7) is 4.99. The molecule has 1 amide bonds. The zero-order chi connectivity index (χ0) is 16.5. The van der Waals surface area contributed by atoms with E-state index in [9.17, 15) is 4.79 Å². The van der Waals surface area contributed by atoms with Gasteiger partial charge in [0.2, 0.25) is 5.91 Å². The molecule has 1 unspecified atom stereocenters. The number of aromatic nitrogens is 2. The molecule has 3 aliphatic heterocycles. The number of hydrogen-bond acceptors (Lipinski definition) is 6. The topological polar surface area (TPSA) is 76.6 Å². The van der Waals surface area contributed by atoms with Crippen molar-refractivity contribution in [3.05, 3.63) is 23.8 Å². The molecular formula is C17H24N4O3. The summed E-state index contributed by atoms with van der Waals surface area (Å²) >= 11 is 0. The highest BCUT2D eigenvalue weighted by molar-refractivity contribution is 5.81. The summed E-state index contributed by atoms with van der Waals surface area (Å²) in [6, 6.07) is 0.847. The number of aryl methyl sites for hydroxylation is 1. The maximum atomic E-state index is 12.4. The normalized spacial score (nSPS) is 32.9. The van der Waals surface area contributed by atoms with Crippen LogP contribution in [0.15, 0.2) is 12.4 Å². The highest BCUT2D eigenvalue weighted by atomic mass is 16.5. The minimum Gasteiger partial charge on any atom is -0.380 e. The van der Waals surface area contributed by atoms with Gasteiger partial charge in [-0.15, -0.1) is 0 Å². The molecular weight excluding hydrogens is 308 g/mol. The summed E-state index contributed by atoms with van der Waals surface area (Å²) in [5.41, 5.74) is 1.63. The summed E-state index contributed by atoms with van der Waals surface area (Å²) in [4.78, 5) is 23.4. The quantitative estimate of drug-likeness (QED) is 0.861. The van der Waals surface area contributed by atoms with Crippen LogP contribution in [0.1, 0.15) is 30.7 Å². The molecule has 7 nitrogen and oxygen atoms in total. The van der Waals surface area contributed by atoms with Crippen LogP contribution in [0, 0.1) is 6.92 Å². The smallest absolute Gasteiger partial charge is 0.249 e. The predicted molar refractivity (Wildman–Crippen MR) is 86.2 cm³/mol. The van der Waals surface area contributed by atoms with Gasteiger partial charge >= 0.3 is 0 Å². The van der Waals surface area contributed by atoms with Gasteiger partial charge in [0, 0.05) is 37.9 Å². The minimum atomic E-state index is -0.358. The van der Waals surface area contributed by atoms with E-state index in [1.165, 1.54) is 0 Å². The number of hydrogen-bond donors (Lipinski definition) is 1. The molecule has 3 fully saturated rings. The summed E-state index contributed by atoms with van der Waals surface area (Å²) in [7, 11) is 0. The number of carbonyl (C=O) groups is 1. The van der Waals surface area contributed by atoms with Gasteiger partial charge in [0.15, 0.2) is 0 Å². The van der Waals surface area contributed by atoms with Crippen LogP contribution in [0.4, 0.5) is 0 Å². The van der Waals surface area contributed by atoms with Crippen LogP contribution in [-0.2, 0) is 20.8 Å². The van der Waals surface area contributed by atoms with Crippen LogP contribution < -0.4 is 5.32 Å². The first-order valence-electron chi connectivity index (χ1n) is 8.75. The molecule has 4 rings (SSSR count). The third-order valence-corrected chi connectivity index (χ3v) is 5.27. The number of amides is 1. The molecule has 3 aliphatic rings. The second kappa shape index (κ2) is 6.74. The maximum absolute atomic E-state index is 12.4. The second-order valence-electron chi connectivity index (χ2n) is 6.88. The zero-order valence-corrected chi connectivity index (χ0v) is 14.0. The Bertz CT molecular complexity index is 588. The van der Waals surface area contributed by atoms with Crippen LogP contribution in [0.5, 0.6) is 0 Å². The molecule has 3 saturated heterocycles. The number of fused-ring (bicyclic) bond motifs is 1. The van der Waals surface area contributed by atoms with Crippen LogP contribution in [0.3, 0.4) is 0 Å².